The lowest BCUT2D eigenvalue weighted by Crippen LogP contribution is -2.42. The Morgan fingerprint density at radius 1 is 1.17 bits per heavy atom. The molecule has 0 aromatic heterocycles. The SMILES string of the molecule is CN=C(NCc1cccc(NC(=O)C2CCCO2)c1)NC(C)CCc1ccccc1. The molecule has 30 heavy (non-hydrogen) atoms. The Morgan fingerprint density at radius 2 is 1.97 bits per heavy atom. The van der Waals surface area contributed by atoms with E-state index in [2.05, 4.69) is 52.1 Å². The fourth-order valence-electron chi connectivity index (χ4n) is 3.48. The Labute approximate surface area is 179 Å². The van der Waals surface area contributed by atoms with Crippen LogP contribution in [0.3, 0.4) is 0 Å². The number of rotatable bonds is 8. The molecule has 0 aliphatic carbocycles. The molecule has 0 bridgehead atoms. The molecule has 3 N–H and O–H groups in total. The summed E-state index contributed by atoms with van der Waals surface area (Å²) in [5.41, 5.74) is 3.20. The van der Waals surface area contributed by atoms with Gasteiger partial charge in [-0.3, -0.25) is 9.79 Å². The van der Waals surface area contributed by atoms with Crippen molar-refractivity contribution in [1.29, 1.82) is 0 Å². The summed E-state index contributed by atoms with van der Waals surface area (Å²) in [4.78, 5) is 16.6. The lowest BCUT2D eigenvalue weighted by atomic mass is 10.1. The lowest BCUT2D eigenvalue weighted by Gasteiger charge is -2.18. The van der Waals surface area contributed by atoms with Crippen molar-refractivity contribution in [3.8, 4) is 0 Å². The molecule has 0 radical (unpaired) electrons. The van der Waals surface area contributed by atoms with E-state index in [9.17, 15) is 4.79 Å². The van der Waals surface area contributed by atoms with Gasteiger partial charge in [-0.15, -0.1) is 0 Å². The number of ether oxygens (including phenoxy) is 1. The minimum atomic E-state index is -0.327. The second-order valence-corrected chi connectivity index (χ2v) is 7.69. The highest BCUT2D eigenvalue weighted by Gasteiger charge is 2.23. The normalized spacial score (nSPS) is 17.4. The number of guanidine groups is 1. The summed E-state index contributed by atoms with van der Waals surface area (Å²) < 4.78 is 5.45. The molecular formula is C24H32N4O2. The van der Waals surface area contributed by atoms with E-state index in [0.717, 1.165) is 42.9 Å². The molecule has 160 valence electrons. The predicted octanol–water partition coefficient (Wildman–Crippen LogP) is 3.49. The Bertz CT molecular complexity index is 832. The zero-order chi connectivity index (χ0) is 21.2. The van der Waals surface area contributed by atoms with E-state index in [1.54, 1.807) is 7.05 Å². The van der Waals surface area contributed by atoms with Crippen LogP contribution in [0.1, 0.15) is 37.3 Å². The second kappa shape index (κ2) is 11.4. The number of anilines is 1. The van der Waals surface area contributed by atoms with Crippen molar-refractivity contribution in [2.75, 3.05) is 19.0 Å². The first-order chi connectivity index (χ1) is 14.6. The van der Waals surface area contributed by atoms with Gasteiger partial charge in [0.15, 0.2) is 5.96 Å². The van der Waals surface area contributed by atoms with Crippen molar-refractivity contribution in [2.24, 2.45) is 4.99 Å². The van der Waals surface area contributed by atoms with Gasteiger partial charge >= 0.3 is 0 Å². The van der Waals surface area contributed by atoms with Crippen LogP contribution in [-0.2, 0) is 22.5 Å². The first-order valence-corrected chi connectivity index (χ1v) is 10.7. The molecule has 1 amide bonds. The van der Waals surface area contributed by atoms with Gasteiger partial charge in [-0.05, 0) is 55.9 Å². The van der Waals surface area contributed by atoms with Crippen molar-refractivity contribution in [2.45, 2.75) is 51.3 Å². The minimum absolute atomic E-state index is 0.0673. The van der Waals surface area contributed by atoms with Crippen LogP contribution in [0, 0.1) is 0 Å². The molecule has 0 spiro atoms. The molecule has 2 aromatic carbocycles. The van der Waals surface area contributed by atoms with E-state index in [-0.39, 0.29) is 12.0 Å². The summed E-state index contributed by atoms with van der Waals surface area (Å²) in [7, 11) is 1.78. The zero-order valence-corrected chi connectivity index (χ0v) is 17.9. The van der Waals surface area contributed by atoms with E-state index in [4.69, 9.17) is 4.74 Å². The number of nitrogens with one attached hydrogen (secondary N) is 3. The van der Waals surface area contributed by atoms with Crippen molar-refractivity contribution in [3.63, 3.8) is 0 Å². The van der Waals surface area contributed by atoms with E-state index < -0.39 is 0 Å². The van der Waals surface area contributed by atoms with Gasteiger partial charge in [0, 0.05) is 31.9 Å². The average molecular weight is 409 g/mol. The third kappa shape index (κ3) is 6.88. The van der Waals surface area contributed by atoms with Gasteiger partial charge in [0.25, 0.3) is 5.91 Å². The summed E-state index contributed by atoms with van der Waals surface area (Å²) in [5.74, 6) is 0.701. The van der Waals surface area contributed by atoms with Gasteiger partial charge in [0.05, 0.1) is 0 Å². The Hall–Kier alpha value is -2.86. The third-order valence-electron chi connectivity index (χ3n) is 5.19. The lowest BCUT2D eigenvalue weighted by molar-refractivity contribution is -0.124. The standard InChI is InChI=1S/C24H32N4O2/c1-18(13-14-19-8-4-3-5-9-19)27-24(25-2)26-17-20-10-6-11-21(16-20)28-23(29)22-12-7-15-30-22/h3-6,8-11,16,18,22H,7,12-15,17H2,1-2H3,(H,28,29)(H2,25,26,27). The van der Waals surface area contributed by atoms with Gasteiger partial charge in [0.1, 0.15) is 6.10 Å². The van der Waals surface area contributed by atoms with Crippen LogP contribution >= 0.6 is 0 Å². The number of hydrogen-bond donors (Lipinski definition) is 3. The Kier molecular flexibility index (Phi) is 8.27. The number of aryl methyl sites for hydroxylation is 1. The minimum Gasteiger partial charge on any atom is -0.368 e. The quantitative estimate of drug-likeness (QED) is 0.462. The van der Waals surface area contributed by atoms with Crippen LogP contribution < -0.4 is 16.0 Å². The number of aliphatic imine (C=N–C) groups is 1. The predicted molar refractivity (Wildman–Crippen MR) is 122 cm³/mol. The molecule has 0 saturated carbocycles. The summed E-state index contributed by atoms with van der Waals surface area (Å²) in [6, 6.07) is 18.7. The Morgan fingerprint density at radius 3 is 2.70 bits per heavy atom. The molecule has 1 saturated heterocycles. The van der Waals surface area contributed by atoms with Crippen LogP contribution in [0.4, 0.5) is 5.69 Å². The van der Waals surface area contributed by atoms with Crippen LogP contribution in [0.15, 0.2) is 59.6 Å². The zero-order valence-electron chi connectivity index (χ0n) is 17.9. The van der Waals surface area contributed by atoms with Crippen LogP contribution in [-0.4, -0.2) is 37.7 Å². The van der Waals surface area contributed by atoms with E-state index in [1.165, 1.54) is 5.56 Å². The summed E-state index contributed by atoms with van der Waals surface area (Å²) >= 11 is 0. The first kappa shape index (κ1) is 21.8. The van der Waals surface area contributed by atoms with Crippen molar-refractivity contribution in [3.05, 3.63) is 65.7 Å². The fourth-order valence-corrected chi connectivity index (χ4v) is 3.48. The van der Waals surface area contributed by atoms with Crippen molar-refractivity contribution < 1.29 is 9.53 Å². The summed E-state index contributed by atoms with van der Waals surface area (Å²) in [6.45, 7) is 3.45. The molecule has 1 aliphatic rings. The molecule has 1 aliphatic heterocycles. The number of nitrogens with zero attached hydrogens (tertiary/aromatic N) is 1. The second-order valence-electron chi connectivity index (χ2n) is 7.69. The number of carbonyl (C=O) groups excluding carboxylic acids is 1. The van der Waals surface area contributed by atoms with Crippen LogP contribution in [0.25, 0.3) is 0 Å². The van der Waals surface area contributed by atoms with E-state index in [1.807, 2.05) is 30.3 Å². The van der Waals surface area contributed by atoms with Crippen LogP contribution in [0.5, 0.6) is 0 Å². The highest BCUT2D eigenvalue weighted by Crippen LogP contribution is 2.16. The van der Waals surface area contributed by atoms with Gasteiger partial charge < -0.3 is 20.7 Å². The largest absolute Gasteiger partial charge is 0.368 e. The highest BCUT2D eigenvalue weighted by molar-refractivity contribution is 5.94. The smallest absolute Gasteiger partial charge is 0.253 e. The summed E-state index contributed by atoms with van der Waals surface area (Å²) in [6.07, 6.45) is 3.45. The molecule has 6 nitrogen and oxygen atoms in total. The van der Waals surface area contributed by atoms with Gasteiger partial charge in [-0.1, -0.05) is 42.5 Å². The van der Waals surface area contributed by atoms with Crippen molar-refractivity contribution >= 4 is 17.6 Å². The molecule has 2 atom stereocenters. The third-order valence-corrected chi connectivity index (χ3v) is 5.19. The summed E-state index contributed by atoms with van der Waals surface area (Å²) in [5, 5.41) is 9.75. The number of hydrogen-bond acceptors (Lipinski definition) is 3. The van der Waals surface area contributed by atoms with Gasteiger partial charge in [-0.2, -0.15) is 0 Å². The molecule has 6 heteroatoms. The van der Waals surface area contributed by atoms with Gasteiger partial charge in [-0.25, -0.2) is 0 Å². The first-order valence-electron chi connectivity index (χ1n) is 10.7. The maximum atomic E-state index is 12.2. The number of benzene rings is 2. The molecule has 1 heterocycles. The van der Waals surface area contributed by atoms with Crippen LogP contribution in [0.2, 0.25) is 0 Å². The number of amides is 1. The van der Waals surface area contributed by atoms with E-state index >= 15 is 0 Å². The Balaban J connectivity index is 1.45. The maximum absolute atomic E-state index is 12.2. The van der Waals surface area contributed by atoms with Gasteiger partial charge in [0.2, 0.25) is 0 Å². The average Bonchev–Trinajstić information content (AvgIpc) is 3.31. The molecule has 1 fully saturated rings. The molecule has 2 unspecified atom stereocenters. The molecule has 3 rings (SSSR count). The molecule has 2 aromatic rings. The maximum Gasteiger partial charge on any atom is 0.253 e. The highest BCUT2D eigenvalue weighted by atomic mass is 16.5. The number of carbonyl (C=O) groups is 1. The fraction of sp³-hybridized carbons (Fsp3) is 0.417. The van der Waals surface area contributed by atoms with Crippen molar-refractivity contribution in [1.82, 2.24) is 10.6 Å². The molecular weight excluding hydrogens is 376 g/mol. The van der Waals surface area contributed by atoms with E-state index in [0.29, 0.717) is 19.2 Å². The topological polar surface area (TPSA) is 74.8 Å². The monoisotopic (exact) mass is 408 g/mol.